The average molecular weight is 301 g/mol. The third-order valence-electron chi connectivity index (χ3n) is 9.04. The SMILES string of the molecule is CCC1CCC2C3CC=C4C[C@@H](C)CCC4(C)C3CCC12C. The lowest BCUT2D eigenvalue weighted by atomic mass is 9.47. The summed E-state index contributed by atoms with van der Waals surface area (Å²) in [5.74, 6) is 5.00. The van der Waals surface area contributed by atoms with Crippen molar-refractivity contribution in [3.63, 3.8) is 0 Å². The highest BCUT2D eigenvalue weighted by Crippen LogP contribution is 2.66. The van der Waals surface area contributed by atoms with E-state index < -0.39 is 0 Å². The van der Waals surface area contributed by atoms with Gasteiger partial charge in [0.1, 0.15) is 0 Å². The third-order valence-corrected chi connectivity index (χ3v) is 9.04. The fourth-order valence-electron chi connectivity index (χ4n) is 7.62. The third kappa shape index (κ3) is 1.94. The van der Waals surface area contributed by atoms with Crippen LogP contribution in [0.4, 0.5) is 0 Å². The van der Waals surface area contributed by atoms with E-state index in [1.807, 2.05) is 5.57 Å². The van der Waals surface area contributed by atoms with E-state index in [2.05, 4.69) is 33.8 Å². The summed E-state index contributed by atoms with van der Waals surface area (Å²) in [7, 11) is 0. The molecule has 0 nitrogen and oxygen atoms in total. The number of rotatable bonds is 1. The Hall–Kier alpha value is -0.260. The fraction of sp³-hybridized carbons (Fsp3) is 0.909. The fourth-order valence-corrected chi connectivity index (χ4v) is 7.62. The molecule has 4 rings (SSSR count). The average Bonchev–Trinajstić information content (AvgIpc) is 2.84. The number of hydrogen-bond acceptors (Lipinski definition) is 0. The Kier molecular flexibility index (Phi) is 3.55. The van der Waals surface area contributed by atoms with E-state index in [1.54, 1.807) is 0 Å². The van der Waals surface area contributed by atoms with Crippen LogP contribution in [0, 0.1) is 40.4 Å². The first kappa shape index (κ1) is 15.3. The Bertz CT molecular complexity index is 474. The first-order valence-electron chi connectivity index (χ1n) is 10.2. The van der Waals surface area contributed by atoms with Crippen LogP contribution in [0.2, 0.25) is 0 Å². The van der Waals surface area contributed by atoms with Crippen LogP contribution in [0.3, 0.4) is 0 Å². The number of allylic oxidation sites excluding steroid dienone is 2. The maximum Gasteiger partial charge on any atom is -0.00851 e. The molecule has 0 bridgehead atoms. The van der Waals surface area contributed by atoms with Crippen LogP contribution in [0.1, 0.15) is 85.5 Å². The van der Waals surface area contributed by atoms with E-state index in [1.165, 1.54) is 57.8 Å². The molecule has 4 aliphatic carbocycles. The van der Waals surface area contributed by atoms with Gasteiger partial charge in [0, 0.05) is 0 Å². The Morgan fingerprint density at radius 3 is 2.64 bits per heavy atom. The molecule has 124 valence electrons. The molecule has 7 atom stereocenters. The van der Waals surface area contributed by atoms with Crippen molar-refractivity contribution >= 4 is 0 Å². The minimum atomic E-state index is 0.570. The quantitative estimate of drug-likeness (QED) is 0.478. The van der Waals surface area contributed by atoms with Crippen LogP contribution >= 0.6 is 0 Å². The normalized spacial score (nSPS) is 54.2. The molecule has 0 saturated heterocycles. The highest BCUT2D eigenvalue weighted by atomic mass is 14.6. The van der Waals surface area contributed by atoms with Crippen molar-refractivity contribution in [2.75, 3.05) is 0 Å². The summed E-state index contributed by atoms with van der Waals surface area (Å²) in [5, 5.41) is 0. The molecule has 0 aromatic rings. The van der Waals surface area contributed by atoms with Crippen molar-refractivity contribution < 1.29 is 0 Å². The summed E-state index contributed by atoms with van der Waals surface area (Å²) >= 11 is 0. The summed E-state index contributed by atoms with van der Waals surface area (Å²) in [4.78, 5) is 0. The zero-order chi connectivity index (χ0) is 15.5. The highest BCUT2D eigenvalue weighted by molar-refractivity contribution is 5.24. The summed E-state index contributed by atoms with van der Waals surface area (Å²) in [5.41, 5.74) is 3.11. The van der Waals surface area contributed by atoms with E-state index in [0.29, 0.717) is 10.8 Å². The van der Waals surface area contributed by atoms with Gasteiger partial charge in [0.15, 0.2) is 0 Å². The van der Waals surface area contributed by atoms with E-state index in [-0.39, 0.29) is 0 Å². The van der Waals surface area contributed by atoms with E-state index in [9.17, 15) is 0 Å². The van der Waals surface area contributed by atoms with E-state index in [4.69, 9.17) is 0 Å². The molecular formula is C22H36. The Morgan fingerprint density at radius 1 is 1.05 bits per heavy atom. The molecule has 0 aromatic heterocycles. The topological polar surface area (TPSA) is 0 Å². The van der Waals surface area contributed by atoms with Gasteiger partial charge in [0.05, 0.1) is 0 Å². The monoisotopic (exact) mass is 300 g/mol. The van der Waals surface area contributed by atoms with Crippen molar-refractivity contribution in [1.82, 2.24) is 0 Å². The summed E-state index contributed by atoms with van der Waals surface area (Å²) < 4.78 is 0. The maximum atomic E-state index is 2.72. The van der Waals surface area contributed by atoms with Crippen LogP contribution in [-0.4, -0.2) is 0 Å². The Labute approximate surface area is 138 Å². The summed E-state index contributed by atoms with van der Waals surface area (Å²) in [6.07, 6.45) is 16.0. The molecule has 0 N–H and O–H groups in total. The smallest absolute Gasteiger partial charge is 0.00851 e. The van der Waals surface area contributed by atoms with Crippen molar-refractivity contribution in [2.45, 2.75) is 85.5 Å². The molecule has 0 aliphatic heterocycles. The zero-order valence-corrected chi connectivity index (χ0v) is 15.3. The lowest BCUT2D eigenvalue weighted by Crippen LogP contribution is -2.49. The lowest BCUT2D eigenvalue weighted by molar-refractivity contribution is -0.0441. The largest absolute Gasteiger partial charge is 0.0845 e. The van der Waals surface area contributed by atoms with Gasteiger partial charge in [0.2, 0.25) is 0 Å². The van der Waals surface area contributed by atoms with Gasteiger partial charge >= 0.3 is 0 Å². The molecule has 0 heteroatoms. The molecule has 0 radical (unpaired) electrons. The van der Waals surface area contributed by atoms with Gasteiger partial charge in [0.25, 0.3) is 0 Å². The Balaban J connectivity index is 1.66. The molecule has 0 aromatic carbocycles. The van der Waals surface area contributed by atoms with Gasteiger partial charge < -0.3 is 0 Å². The van der Waals surface area contributed by atoms with Gasteiger partial charge in [-0.3, -0.25) is 0 Å². The van der Waals surface area contributed by atoms with Gasteiger partial charge in [-0.05, 0) is 91.8 Å². The summed E-state index contributed by atoms with van der Waals surface area (Å²) in [6, 6.07) is 0. The lowest BCUT2D eigenvalue weighted by Gasteiger charge is -2.58. The molecule has 6 unspecified atom stereocenters. The van der Waals surface area contributed by atoms with E-state index in [0.717, 1.165) is 29.6 Å². The molecule has 3 fully saturated rings. The molecule has 0 amide bonds. The molecule has 22 heavy (non-hydrogen) atoms. The Morgan fingerprint density at radius 2 is 1.86 bits per heavy atom. The van der Waals surface area contributed by atoms with Crippen molar-refractivity contribution in [2.24, 2.45) is 40.4 Å². The predicted octanol–water partition coefficient (Wildman–Crippen LogP) is 6.61. The van der Waals surface area contributed by atoms with E-state index >= 15 is 0 Å². The van der Waals surface area contributed by atoms with Gasteiger partial charge in [-0.15, -0.1) is 0 Å². The minimum absolute atomic E-state index is 0.570. The maximum absolute atomic E-state index is 2.72. The molecule has 4 aliphatic rings. The van der Waals surface area contributed by atoms with Crippen molar-refractivity contribution in [1.29, 1.82) is 0 Å². The second-order valence-corrected chi connectivity index (χ2v) is 9.83. The van der Waals surface area contributed by atoms with Gasteiger partial charge in [-0.2, -0.15) is 0 Å². The van der Waals surface area contributed by atoms with Crippen molar-refractivity contribution in [3.8, 4) is 0 Å². The van der Waals surface area contributed by atoms with Crippen LogP contribution in [0.5, 0.6) is 0 Å². The highest BCUT2D eigenvalue weighted by Gasteiger charge is 2.57. The molecule has 0 spiro atoms. The van der Waals surface area contributed by atoms with Crippen LogP contribution in [0.15, 0.2) is 11.6 Å². The van der Waals surface area contributed by atoms with Crippen LogP contribution < -0.4 is 0 Å². The van der Waals surface area contributed by atoms with Gasteiger partial charge in [-0.1, -0.05) is 45.8 Å². The van der Waals surface area contributed by atoms with Crippen LogP contribution in [0.25, 0.3) is 0 Å². The zero-order valence-electron chi connectivity index (χ0n) is 15.3. The van der Waals surface area contributed by atoms with Gasteiger partial charge in [-0.25, -0.2) is 0 Å². The first-order valence-corrected chi connectivity index (χ1v) is 10.2. The molecule has 0 heterocycles. The first-order chi connectivity index (χ1) is 10.5. The molecular weight excluding hydrogens is 264 g/mol. The predicted molar refractivity (Wildman–Crippen MR) is 94.6 cm³/mol. The summed E-state index contributed by atoms with van der Waals surface area (Å²) in [6.45, 7) is 10.2. The molecule has 3 saturated carbocycles. The second kappa shape index (κ2) is 5.12. The standard InChI is InChI=1S/C22H36/c1-5-16-7-9-19-18-8-6-17-14-15(2)10-12-22(17,4)20(18)11-13-21(16,19)3/h6,15-16,18-20H,5,7-14H2,1-4H3/t15-,16?,18?,19?,20?,21?,22?/m0/s1. The second-order valence-electron chi connectivity index (χ2n) is 9.83. The number of fused-ring (bicyclic) bond motifs is 5. The van der Waals surface area contributed by atoms with Crippen LogP contribution in [-0.2, 0) is 0 Å². The number of hydrogen-bond donors (Lipinski definition) is 0. The van der Waals surface area contributed by atoms with Crippen molar-refractivity contribution in [3.05, 3.63) is 11.6 Å². The minimum Gasteiger partial charge on any atom is -0.0845 e.